The van der Waals surface area contributed by atoms with Crippen molar-refractivity contribution >= 4 is 11.7 Å². The number of nitriles is 1. The first-order chi connectivity index (χ1) is 7.76. The van der Waals surface area contributed by atoms with Crippen molar-refractivity contribution in [3.05, 3.63) is 17.3 Å². The lowest BCUT2D eigenvalue weighted by Gasteiger charge is -2.11. The van der Waals surface area contributed by atoms with Gasteiger partial charge in [0.15, 0.2) is 0 Å². The third kappa shape index (κ3) is 2.75. The lowest BCUT2D eigenvalue weighted by Crippen LogP contribution is -2.21. The first kappa shape index (κ1) is 12.6. The van der Waals surface area contributed by atoms with Crippen molar-refractivity contribution in [1.82, 2.24) is 4.98 Å². The van der Waals surface area contributed by atoms with Crippen LogP contribution in [0.4, 0.5) is 18.9 Å². The number of nitrogens with zero attached hydrogens (tertiary/aromatic N) is 2. The number of halogens is 3. The van der Waals surface area contributed by atoms with Crippen LogP contribution in [0.3, 0.4) is 0 Å². The molecule has 0 spiro atoms. The van der Waals surface area contributed by atoms with Gasteiger partial charge in [0.05, 0.1) is 17.4 Å². The smallest absolute Gasteiger partial charge is 0.477 e. The van der Waals surface area contributed by atoms with Crippen LogP contribution in [0.15, 0.2) is 6.20 Å². The summed E-state index contributed by atoms with van der Waals surface area (Å²) in [4.78, 5) is 13.8. The van der Waals surface area contributed by atoms with E-state index in [1.807, 2.05) is 0 Å². The number of carboxylic acids is 1. The van der Waals surface area contributed by atoms with Gasteiger partial charge in [-0.3, -0.25) is 0 Å². The molecule has 1 aromatic heterocycles. The molecule has 1 rings (SSSR count). The molecular weight excluding hydrogens is 243 g/mol. The first-order valence-electron chi connectivity index (χ1n) is 3.94. The highest BCUT2D eigenvalue weighted by atomic mass is 19.4. The molecule has 0 atom stereocenters. The minimum Gasteiger partial charge on any atom is -0.477 e. The molecule has 0 unspecified atom stereocenters. The maximum absolute atomic E-state index is 12.0. The second kappa shape index (κ2) is 4.17. The second-order valence-corrected chi connectivity index (χ2v) is 2.73. The van der Waals surface area contributed by atoms with Gasteiger partial charge in [0, 0.05) is 0 Å². The van der Waals surface area contributed by atoms with Crippen molar-refractivity contribution < 1.29 is 27.8 Å². The molecule has 9 heteroatoms. The average Bonchev–Trinajstić information content (AvgIpc) is 2.17. The molecule has 3 N–H and O–H groups in total. The predicted octanol–water partition coefficient (Wildman–Crippen LogP) is 1.13. The Bertz CT molecular complexity index is 507. The van der Waals surface area contributed by atoms with Crippen molar-refractivity contribution in [2.75, 3.05) is 5.73 Å². The zero-order valence-corrected chi connectivity index (χ0v) is 7.95. The third-order valence-electron chi connectivity index (χ3n) is 1.61. The fraction of sp³-hybridized carbons (Fsp3) is 0.125. The van der Waals surface area contributed by atoms with Crippen LogP contribution < -0.4 is 10.5 Å². The van der Waals surface area contributed by atoms with E-state index in [-0.39, 0.29) is 5.69 Å². The number of nitrogens with two attached hydrogens (primary N) is 1. The number of hydrogen-bond acceptors (Lipinski definition) is 5. The monoisotopic (exact) mass is 247 g/mol. The van der Waals surface area contributed by atoms with Gasteiger partial charge in [0.25, 0.3) is 0 Å². The highest BCUT2D eigenvalue weighted by Gasteiger charge is 2.35. The number of hydrogen-bond donors (Lipinski definition) is 2. The lowest BCUT2D eigenvalue weighted by atomic mass is 10.1. The van der Waals surface area contributed by atoms with Crippen LogP contribution in [-0.2, 0) is 0 Å². The molecule has 0 saturated heterocycles. The normalized spacial score (nSPS) is 10.7. The summed E-state index contributed by atoms with van der Waals surface area (Å²) in [6, 6.07) is 1.38. The number of aromatic nitrogens is 1. The molecule has 0 fully saturated rings. The molecule has 0 amide bonds. The minimum atomic E-state index is -5.11. The molecule has 0 saturated carbocycles. The summed E-state index contributed by atoms with van der Waals surface area (Å²) in [6.45, 7) is 0. The summed E-state index contributed by atoms with van der Waals surface area (Å²) in [7, 11) is 0. The summed E-state index contributed by atoms with van der Waals surface area (Å²) in [6.07, 6.45) is -4.40. The maximum atomic E-state index is 12.0. The number of carboxylic acid groups (broad SMARTS) is 1. The summed E-state index contributed by atoms with van der Waals surface area (Å²) >= 11 is 0. The Labute approximate surface area is 92.0 Å². The molecular formula is C8H4F3N3O3. The number of carbonyl (C=O) groups is 1. The van der Waals surface area contributed by atoms with E-state index in [2.05, 4.69) is 9.72 Å². The molecule has 17 heavy (non-hydrogen) atoms. The van der Waals surface area contributed by atoms with Crippen LogP contribution in [0, 0.1) is 11.3 Å². The molecule has 1 aromatic rings. The van der Waals surface area contributed by atoms with Crippen LogP contribution in [0.5, 0.6) is 5.88 Å². The zero-order valence-electron chi connectivity index (χ0n) is 7.95. The zero-order chi connectivity index (χ0) is 13.2. The average molecular weight is 247 g/mol. The second-order valence-electron chi connectivity index (χ2n) is 2.73. The fourth-order valence-electron chi connectivity index (χ4n) is 1.01. The van der Waals surface area contributed by atoms with E-state index >= 15 is 0 Å². The van der Waals surface area contributed by atoms with E-state index in [0.717, 1.165) is 0 Å². The van der Waals surface area contributed by atoms with Gasteiger partial charge in [-0.15, -0.1) is 13.2 Å². The molecule has 1 heterocycles. The van der Waals surface area contributed by atoms with E-state index in [9.17, 15) is 18.0 Å². The van der Waals surface area contributed by atoms with Gasteiger partial charge >= 0.3 is 12.3 Å². The van der Waals surface area contributed by atoms with Gasteiger partial charge in [-0.1, -0.05) is 0 Å². The molecule has 0 aliphatic heterocycles. The van der Waals surface area contributed by atoms with Gasteiger partial charge in [-0.25, -0.2) is 9.78 Å². The van der Waals surface area contributed by atoms with Gasteiger partial charge in [-0.2, -0.15) is 5.26 Å². The Morgan fingerprint density at radius 3 is 2.59 bits per heavy atom. The molecule has 6 nitrogen and oxygen atoms in total. The number of anilines is 1. The summed E-state index contributed by atoms with van der Waals surface area (Å²) in [5, 5.41) is 17.3. The SMILES string of the molecule is N#Cc1c(N)cnc(OC(F)(F)F)c1C(=O)O. The Balaban J connectivity index is 3.42. The Morgan fingerprint density at radius 1 is 1.59 bits per heavy atom. The van der Waals surface area contributed by atoms with Crippen molar-refractivity contribution in [2.24, 2.45) is 0 Å². The summed E-state index contributed by atoms with van der Waals surface area (Å²) < 4.78 is 39.2. The Morgan fingerprint density at radius 2 is 2.18 bits per heavy atom. The van der Waals surface area contributed by atoms with E-state index in [1.165, 1.54) is 6.07 Å². The van der Waals surface area contributed by atoms with E-state index in [0.29, 0.717) is 6.20 Å². The number of ether oxygens (including phenoxy) is 1. The van der Waals surface area contributed by atoms with E-state index in [1.54, 1.807) is 0 Å². The van der Waals surface area contributed by atoms with Crippen molar-refractivity contribution in [3.63, 3.8) is 0 Å². The number of rotatable bonds is 2. The van der Waals surface area contributed by atoms with E-state index < -0.39 is 29.3 Å². The summed E-state index contributed by atoms with van der Waals surface area (Å²) in [5.41, 5.74) is 3.21. The van der Waals surface area contributed by atoms with Gasteiger partial charge in [0.2, 0.25) is 5.88 Å². The fourth-order valence-corrected chi connectivity index (χ4v) is 1.01. The maximum Gasteiger partial charge on any atom is 0.574 e. The summed E-state index contributed by atoms with van der Waals surface area (Å²) in [5.74, 6) is -3.02. The molecule has 0 aliphatic carbocycles. The number of nitrogen functional groups attached to an aromatic ring is 1. The van der Waals surface area contributed by atoms with Crippen LogP contribution in [0.1, 0.15) is 15.9 Å². The highest BCUT2D eigenvalue weighted by Crippen LogP contribution is 2.28. The third-order valence-corrected chi connectivity index (χ3v) is 1.61. The number of alkyl halides is 3. The Hall–Kier alpha value is -2.50. The standard InChI is InChI=1S/C8H4F3N3O3/c9-8(10,11)17-6-5(7(15)16)3(1-12)4(13)2-14-6/h2H,13H2,(H,15,16). The largest absolute Gasteiger partial charge is 0.574 e. The molecule has 0 radical (unpaired) electrons. The number of pyridine rings is 1. The molecule has 0 bridgehead atoms. The number of aromatic carboxylic acids is 1. The van der Waals surface area contributed by atoms with Crippen molar-refractivity contribution in [1.29, 1.82) is 5.26 Å². The minimum absolute atomic E-state index is 0.348. The van der Waals surface area contributed by atoms with Gasteiger partial charge in [-0.05, 0) is 0 Å². The highest BCUT2D eigenvalue weighted by molar-refractivity contribution is 5.95. The lowest BCUT2D eigenvalue weighted by molar-refractivity contribution is -0.276. The van der Waals surface area contributed by atoms with E-state index in [4.69, 9.17) is 16.1 Å². The van der Waals surface area contributed by atoms with Gasteiger partial charge in [0.1, 0.15) is 11.6 Å². The Kier molecular flexibility index (Phi) is 3.08. The molecule has 90 valence electrons. The predicted molar refractivity (Wildman–Crippen MR) is 47.0 cm³/mol. The topological polar surface area (TPSA) is 109 Å². The quantitative estimate of drug-likeness (QED) is 0.810. The van der Waals surface area contributed by atoms with Gasteiger partial charge < -0.3 is 15.6 Å². The van der Waals surface area contributed by atoms with Crippen molar-refractivity contribution in [2.45, 2.75) is 6.36 Å². The first-order valence-corrected chi connectivity index (χ1v) is 3.94. The van der Waals surface area contributed by atoms with Crippen LogP contribution in [0.25, 0.3) is 0 Å². The molecule has 0 aromatic carbocycles. The van der Waals surface area contributed by atoms with Crippen LogP contribution >= 0.6 is 0 Å². The van der Waals surface area contributed by atoms with Crippen molar-refractivity contribution in [3.8, 4) is 11.9 Å². The van der Waals surface area contributed by atoms with Crippen LogP contribution in [0.2, 0.25) is 0 Å². The molecule has 0 aliphatic rings. The van der Waals surface area contributed by atoms with Crippen LogP contribution in [-0.4, -0.2) is 22.4 Å².